The number of nitrogens with zero attached hydrogens (tertiary/aromatic N) is 3. The first kappa shape index (κ1) is 16.2. The molecule has 0 amide bonds. The molecular formula is C20H15ClN4O2. The minimum Gasteiger partial charge on any atom is -0.507 e. The van der Waals surface area contributed by atoms with Gasteiger partial charge < -0.3 is 5.11 Å². The minimum absolute atomic E-state index is 0.0265. The van der Waals surface area contributed by atoms with E-state index in [1.165, 1.54) is 0 Å². The molecule has 1 aromatic heterocycles. The topological polar surface area (TPSA) is 91.8 Å². The molecule has 0 fully saturated rings. The number of halogens is 1. The van der Waals surface area contributed by atoms with E-state index in [2.05, 4.69) is 34.5 Å². The highest BCUT2D eigenvalue weighted by Crippen LogP contribution is 2.51. The Morgan fingerprint density at radius 1 is 1.15 bits per heavy atom. The van der Waals surface area contributed by atoms with Crippen molar-refractivity contribution >= 4 is 23.0 Å². The van der Waals surface area contributed by atoms with Gasteiger partial charge in [0.05, 0.1) is 5.56 Å². The number of aromatic amines is 1. The van der Waals surface area contributed by atoms with Gasteiger partial charge in [0.2, 0.25) is 5.82 Å². The van der Waals surface area contributed by atoms with Crippen molar-refractivity contribution in [2.24, 2.45) is 0 Å². The van der Waals surface area contributed by atoms with Crippen molar-refractivity contribution in [3.8, 4) is 17.1 Å². The van der Waals surface area contributed by atoms with Crippen LogP contribution in [0.3, 0.4) is 0 Å². The van der Waals surface area contributed by atoms with Crippen molar-refractivity contribution in [3.63, 3.8) is 0 Å². The van der Waals surface area contributed by atoms with E-state index in [1.54, 1.807) is 12.1 Å². The Kier molecular flexibility index (Phi) is 3.16. The molecule has 0 aliphatic heterocycles. The Morgan fingerprint density at radius 2 is 1.96 bits per heavy atom. The van der Waals surface area contributed by atoms with Gasteiger partial charge in [-0.15, -0.1) is 10.2 Å². The molecule has 2 aromatic carbocycles. The fraction of sp³-hybridized carbons (Fsp3) is 0.200. The molecule has 27 heavy (non-hydrogen) atoms. The summed E-state index contributed by atoms with van der Waals surface area (Å²) in [6.07, 6.45) is 0.677. The van der Waals surface area contributed by atoms with E-state index in [1.807, 2.05) is 18.2 Å². The number of tetrazole rings is 1. The molecule has 0 radical (unpaired) electrons. The van der Waals surface area contributed by atoms with E-state index < -0.39 is 5.41 Å². The van der Waals surface area contributed by atoms with Crippen LogP contribution in [0.5, 0.6) is 5.75 Å². The van der Waals surface area contributed by atoms with Crippen molar-refractivity contribution in [2.45, 2.75) is 25.7 Å². The van der Waals surface area contributed by atoms with E-state index in [0.29, 0.717) is 22.6 Å². The number of phenolic OH excluding ortho intramolecular Hbond substituents is 1. The maximum absolute atomic E-state index is 13.4. The first-order valence-corrected chi connectivity index (χ1v) is 8.94. The van der Waals surface area contributed by atoms with E-state index in [9.17, 15) is 9.90 Å². The fourth-order valence-electron chi connectivity index (χ4n) is 4.23. The van der Waals surface area contributed by atoms with Crippen LogP contribution >= 0.6 is 11.6 Å². The van der Waals surface area contributed by atoms with Crippen LogP contribution in [0.15, 0.2) is 35.9 Å². The lowest BCUT2D eigenvalue weighted by molar-refractivity contribution is 0.105. The Hall–Kier alpha value is -2.99. The summed E-state index contributed by atoms with van der Waals surface area (Å²) in [5, 5.41) is 25.0. The molecule has 2 N–H and O–H groups in total. The summed E-state index contributed by atoms with van der Waals surface area (Å²) < 4.78 is 0. The highest BCUT2D eigenvalue weighted by Gasteiger charge is 2.43. The molecule has 7 heteroatoms. The molecule has 0 bridgehead atoms. The van der Waals surface area contributed by atoms with Crippen LogP contribution in [0.4, 0.5) is 0 Å². The van der Waals surface area contributed by atoms with E-state index >= 15 is 0 Å². The third-order valence-electron chi connectivity index (χ3n) is 5.63. The standard InChI is InChI=1S/C20H15ClN4O2/c1-20(2)14-8-16(26)13(19-22-24-25-23-19)7-12(14)18(27)17-11-4-3-10(21)5-9(11)6-15(17)20/h3-5,7-8,26H,6H2,1-2H3,(H,22,23,24,25). The van der Waals surface area contributed by atoms with Crippen LogP contribution in [0.2, 0.25) is 5.02 Å². The third-order valence-corrected chi connectivity index (χ3v) is 5.86. The van der Waals surface area contributed by atoms with Crippen LogP contribution in [-0.2, 0) is 11.8 Å². The fourth-order valence-corrected chi connectivity index (χ4v) is 4.43. The molecule has 0 spiro atoms. The number of hydrogen-bond acceptors (Lipinski definition) is 5. The van der Waals surface area contributed by atoms with Gasteiger partial charge in [0.25, 0.3) is 0 Å². The lowest BCUT2D eigenvalue weighted by Gasteiger charge is -2.34. The molecule has 0 atom stereocenters. The van der Waals surface area contributed by atoms with E-state index in [-0.39, 0.29) is 17.4 Å². The predicted octanol–water partition coefficient (Wildman–Crippen LogP) is 3.71. The zero-order chi connectivity index (χ0) is 18.9. The summed E-state index contributed by atoms with van der Waals surface area (Å²) in [5.74, 6) is 0.225. The summed E-state index contributed by atoms with van der Waals surface area (Å²) in [6, 6.07) is 8.97. The number of nitrogens with one attached hydrogen (secondary N) is 1. The van der Waals surface area contributed by atoms with Gasteiger partial charge in [0, 0.05) is 21.6 Å². The van der Waals surface area contributed by atoms with Crippen molar-refractivity contribution in [1.82, 2.24) is 20.6 Å². The second kappa shape index (κ2) is 5.27. The first-order chi connectivity index (χ1) is 12.9. The molecule has 0 saturated carbocycles. The van der Waals surface area contributed by atoms with Crippen molar-refractivity contribution in [1.29, 1.82) is 0 Å². The second-order valence-corrected chi connectivity index (χ2v) is 7.87. The molecule has 0 unspecified atom stereocenters. The predicted molar refractivity (Wildman–Crippen MR) is 101 cm³/mol. The molecule has 2 aliphatic carbocycles. The number of H-pyrrole nitrogens is 1. The number of aromatic nitrogens is 4. The normalized spacial score (nSPS) is 16.9. The summed E-state index contributed by atoms with van der Waals surface area (Å²) in [5.41, 5.74) is 5.13. The third kappa shape index (κ3) is 2.13. The summed E-state index contributed by atoms with van der Waals surface area (Å²) >= 11 is 6.16. The number of hydrogen-bond donors (Lipinski definition) is 2. The summed E-state index contributed by atoms with van der Waals surface area (Å²) in [4.78, 5) is 13.4. The first-order valence-electron chi connectivity index (χ1n) is 8.56. The molecular weight excluding hydrogens is 364 g/mol. The maximum atomic E-state index is 13.4. The quantitative estimate of drug-likeness (QED) is 0.673. The number of Topliss-reactive ketones (excluding diaryl/α,β-unsaturated/α-hetero) is 1. The number of allylic oxidation sites excluding steroid dienone is 2. The average Bonchev–Trinajstić information content (AvgIpc) is 3.27. The van der Waals surface area contributed by atoms with Crippen LogP contribution in [0.25, 0.3) is 17.0 Å². The van der Waals surface area contributed by atoms with Crippen molar-refractivity contribution < 1.29 is 9.90 Å². The number of fused-ring (bicyclic) bond motifs is 3. The van der Waals surface area contributed by atoms with Gasteiger partial charge in [-0.25, -0.2) is 0 Å². The van der Waals surface area contributed by atoms with Gasteiger partial charge >= 0.3 is 0 Å². The number of carbonyl (C=O) groups excluding carboxylic acids is 1. The summed E-state index contributed by atoms with van der Waals surface area (Å²) in [7, 11) is 0. The SMILES string of the molecule is CC1(C)C2=C(C(=O)c3cc(-c4nn[nH]n4)c(O)cc31)c1ccc(Cl)cc1C2. The Labute approximate surface area is 159 Å². The average molecular weight is 379 g/mol. The van der Waals surface area contributed by atoms with Crippen molar-refractivity contribution in [3.05, 3.63) is 63.2 Å². The Balaban J connectivity index is 1.75. The van der Waals surface area contributed by atoms with Crippen LogP contribution in [0.1, 0.15) is 40.9 Å². The largest absolute Gasteiger partial charge is 0.507 e. The lowest BCUT2D eigenvalue weighted by Crippen LogP contribution is -2.29. The van der Waals surface area contributed by atoms with Gasteiger partial charge in [-0.1, -0.05) is 31.5 Å². The zero-order valence-corrected chi connectivity index (χ0v) is 15.4. The van der Waals surface area contributed by atoms with Gasteiger partial charge in [0.15, 0.2) is 5.78 Å². The molecule has 1 heterocycles. The van der Waals surface area contributed by atoms with Crippen LogP contribution < -0.4 is 0 Å². The second-order valence-electron chi connectivity index (χ2n) is 7.44. The number of carbonyl (C=O) groups is 1. The number of aromatic hydroxyl groups is 1. The number of phenols is 1. The number of ketones is 1. The molecule has 0 saturated heterocycles. The highest BCUT2D eigenvalue weighted by molar-refractivity contribution is 6.34. The van der Waals surface area contributed by atoms with Gasteiger partial charge in [-0.05, 0) is 58.2 Å². The van der Waals surface area contributed by atoms with E-state index in [4.69, 9.17) is 11.6 Å². The monoisotopic (exact) mass is 378 g/mol. The number of rotatable bonds is 1. The van der Waals surface area contributed by atoms with Gasteiger partial charge in [-0.2, -0.15) is 5.21 Å². The number of benzene rings is 2. The van der Waals surface area contributed by atoms with E-state index in [0.717, 1.165) is 27.8 Å². The molecule has 3 aromatic rings. The lowest BCUT2D eigenvalue weighted by atomic mass is 9.68. The van der Waals surface area contributed by atoms with Crippen LogP contribution in [0, 0.1) is 0 Å². The Bertz CT molecular complexity index is 1160. The van der Waals surface area contributed by atoms with Gasteiger partial charge in [-0.3, -0.25) is 4.79 Å². The molecule has 6 nitrogen and oxygen atoms in total. The van der Waals surface area contributed by atoms with Crippen molar-refractivity contribution in [2.75, 3.05) is 0 Å². The maximum Gasteiger partial charge on any atom is 0.208 e. The molecule has 2 aliphatic rings. The zero-order valence-electron chi connectivity index (χ0n) is 14.7. The smallest absolute Gasteiger partial charge is 0.208 e. The van der Waals surface area contributed by atoms with Gasteiger partial charge in [0.1, 0.15) is 5.75 Å². The molecule has 134 valence electrons. The summed E-state index contributed by atoms with van der Waals surface area (Å²) in [6.45, 7) is 4.16. The van der Waals surface area contributed by atoms with Crippen LogP contribution in [-0.4, -0.2) is 31.5 Å². The Morgan fingerprint density at radius 3 is 2.70 bits per heavy atom. The highest BCUT2D eigenvalue weighted by atomic mass is 35.5. The minimum atomic E-state index is -0.405. The molecule has 5 rings (SSSR count).